The molecule has 0 aliphatic carbocycles. The molecule has 0 aromatic heterocycles. The number of ether oxygens (including phenoxy) is 1. The Bertz CT molecular complexity index is 869. The fourth-order valence-electron chi connectivity index (χ4n) is 2.38. The zero-order valence-corrected chi connectivity index (χ0v) is 14.9. The van der Waals surface area contributed by atoms with Crippen molar-refractivity contribution in [1.29, 1.82) is 0 Å². The molecule has 2 aromatic rings. The first-order chi connectivity index (χ1) is 12.0. The third kappa shape index (κ3) is 4.00. The number of methoxy groups -OCH3 is 1. The van der Waals surface area contributed by atoms with Gasteiger partial charge in [0.1, 0.15) is 5.75 Å². The highest BCUT2D eigenvalue weighted by atomic mass is 32.2. The monoisotopic (exact) mass is 389 g/mol. The maximum Gasteiger partial charge on any atom is 0.422 e. The first kappa shape index (κ1) is 20.2. The molecule has 0 spiro atoms. The molecule has 9 heteroatoms. The number of sulfonamides is 1. The van der Waals surface area contributed by atoms with Crippen LogP contribution in [0, 0.1) is 6.92 Å². The van der Waals surface area contributed by atoms with Crippen LogP contribution in [0.5, 0.6) is 5.75 Å². The molecule has 0 fully saturated rings. The summed E-state index contributed by atoms with van der Waals surface area (Å²) in [6, 6.07) is 10.2. The van der Waals surface area contributed by atoms with Crippen LogP contribution in [-0.2, 0) is 15.6 Å². The molecule has 0 aliphatic heterocycles. The molecule has 0 aliphatic rings. The van der Waals surface area contributed by atoms with E-state index in [1.54, 1.807) is 6.92 Å². The zero-order chi connectivity index (χ0) is 19.6. The predicted octanol–water partition coefficient (Wildman–Crippen LogP) is 2.73. The standard InChI is InChI=1S/C17H18F3NO4S/c1-12-10-14(8-9-15(12)25-2)26(23,24)21-11-16(22,17(18,19)20)13-6-4-3-5-7-13/h3-10,21-22H,11H2,1-2H3. The molecule has 2 aromatic carbocycles. The van der Waals surface area contributed by atoms with Crippen LogP contribution in [-0.4, -0.2) is 33.4 Å². The van der Waals surface area contributed by atoms with Gasteiger partial charge in [0.15, 0.2) is 5.60 Å². The lowest BCUT2D eigenvalue weighted by Gasteiger charge is -2.31. The SMILES string of the molecule is COc1ccc(S(=O)(=O)NCC(O)(c2ccccc2)C(F)(F)F)cc1C. The second-order valence-electron chi connectivity index (χ2n) is 5.68. The van der Waals surface area contributed by atoms with Crippen LogP contribution in [0.4, 0.5) is 13.2 Å². The second kappa shape index (κ2) is 7.26. The highest BCUT2D eigenvalue weighted by molar-refractivity contribution is 7.89. The molecule has 26 heavy (non-hydrogen) atoms. The van der Waals surface area contributed by atoms with Gasteiger partial charge in [0.05, 0.1) is 18.6 Å². The normalized spacial score (nSPS) is 14.7. The van der Waals surface area contributed by atoms with Gasteiger partial charge in [-0.15, -0.1) is 0 Å². The highest BCUT2D eigenvalue weighted by Gasteiger charge is 2.55. The van der Waals surface area contributed by atoms with Crippen LogP contribution in [0.15, 0.2) is 53.4 Å². The fourth-order valence-corrected chi connectivity index (χ4v) is 3.53. The van der Waals surface area contributed by atoms with Gasteiger partial charge < -0.3 is 9.84 Å². The van der Waals surface area contributed by atoms with Crippen molar-refractivity contribution in [3.05, 3.63) is 59.7 Å². The van der Waals surface area contributed by atoms with E-state index in [-0.39, 0.29) is 4.90 Å². The van der Waals surface area contributed by atoms with Gasteiger partial charge in [0, 0.05) is 0 Å². The van der Waals surface area contributed by atoms with Gasteiger partial charge >= 0.3 is 6.18 Å². The molecule has 0 radical (unpaired) electrons. The van der Waals surface area contributed by atoms with Crippen molar-refractivity contribution in [2.45, 2.75) is 23.6 Å². The van der Waals surface area contributed by atoms with Crippen molar-refractivity contribution in [3.8, 4) is 5.75 Å². The number of nitrogens with one attached hydrogen (secondary N) is 1. The van der Waals surface area contributed by atoms with E-state index in [0.29, 0.717) is 11.3 Å². The largest absolute Gasteiger partial charge is 0.496 e. The Morgan fingerprint density at radius 3 is 2.23 bits per heavy atom. The second-order valence-corrected chi connectivity index (χ2v) is 7.45. The van der Waals surface area contributed by atoms with Crippen molar-refractivity contribution in [2.75, 3.05) is 13.7 Å². The maximum absolute atomic E-state index is 13.4. The van der Waals surface area contributed by atoms with Crippen molar-refractivity contribution in [1.82, 2.24) is 4.72 Å². The van der Waals surface area contributed by atoms with Gasteiger partial charge in [-0.25, -0.2) is 13.1 Å². The van der Waals surface area contributed by atoms with Gasteiger partial charge in [-0.05, 0) is 36.2 Å². The lowest BCUT2D eigenvalue weighted by molar-refractivity contribution is -0.263. The van der Waals surface area contributed by atoms with Crippen LogP contribution < -0.4 is 9.46 Å². The summed E-state index contributed by atoms with van der Waals surface area (Å²) >= 11 is 0. The van der Waals surface area contributed by atoms with Crippen LogP contribution >= 0.6 is 0 Å². The molecular formula is C17H18F3NO4S. The molecule has 0 amide bonds. The number of benzene rings is 2. The average Bonchev–Trinajstić information content (AvgIpc) is 2.59. The third-order valence-corrected chi connectivity index (χ3v) is 5.31. The summed E-state index contributed by atoms with van der Waals surface area (Å²) in [6.07, 6.45) is -5.08. The van der Waals surface area contributed by atoms with Crippen molar-refractivity contribution >= 4 is 10.0 Å². The first-order valence-corrected chi connectivity index (χ1v) is 8.98. The number of halogens is 3. The summed E-state index contributed by atoms with van der Waals surface area (Å²) in [7, 11) is -2.86. The number of alkyl halides is 3. The minimum absolute atomic E-state index is 0.228. The van der Waals surface area contributed by atoms with Crippen LogP contribution in [0.1, 0.15) is 11.1 Å². The Hall–Kier alpha value is -2.10. The van der Waals surface area contributed by atoms with E-state index in [9.17, 15) is 26.7 Å². The Labute approximate surface area is 149 Å². The van der Waals surface area contributed by atoms with Crippen LogP contribution in [0.25, 0.3) is 0 Å². The lowest BCUT2D eigenvalue weighted by atomic mass is 9.93. The molecule has 5 nitrogen and oxygen atoms in total. The summed E-state index contributed by atoms with van der Waals surface area (Å²) in [5, 5.41) is 10.2. The molecular weight excluding hydrogens is 371 g/mol. The molecule has 142 valence electrons. The maximum atomic E-state index is 13.4. The molecule has 0 saturated heterocycles. The minimum Gasteiger partial charge on any atom is -0.496 e. The number of hydrogen-bond donors (Lipinski definition) is 2. The Kier molecular flexibility index (Phi) is 5.64. The van der Waals surface area contributed by atoms with Gasteiger partial charge in [0.2, 0.25) is 10.0 Å². The molecule has 2 rings (SSSR count). The molecule has 0 heterocycles. The third-order valence-electron chi connectivity index (χ3n) is 3.91. The lowest BCUT2D eigenvalue weighted by Crippen LogP contribution is -2.51. The van der Waals surface area contributed by atoms with Gasteiger partial charge in [0.25, 0.3) is 0 Å². The smallest absolute Gasteiger partial charge is 0.422 e. The van der Waals surface area contributed by atoms with Crippen molar-refractivity contribution in [3.63, 3.8) is 0 Å². The van der Waals surface area contributed by atoms with E-state index in [4.69, 9.17) is 4.74 Å². The Balaban J connectivity index is 2.32. The summed E-state index contributed by atoms with van der Waals surface area (Å²) in [5.74, 6) is 0.444. The summed E-state index contributed by atoms with van der Waals surface area (Å²) in [4.78, 5) is -0.228. The highest BCUT2D eigenvalue weighted by Crippen LogP contribution is 2.38. The summed E-state index contributed by atoms with van der Waals surface area (Å²) < 4.78 is 71.9. The fraction of sp³-hybridized carbons (Fsp3) is 0.294. The quantitative estimate of drug-likeness (QED) is 0.797. The van der Waals surface area contributed by atoms with E-state index >= 15 is 0 Å². The molecule has 1 atom stereocenters. The van der Waals surface area contributed by atoms with Gasteiger partial charge in [-0.1, -0.05) is 30.3 Å². The molecule has 0 saturated carbocycles. The average molecular weight is 389 g/mol. The van der Waals surface area contributed by atoms with Gasteiger partial charge in [-0.3, -0.25) is 0 Å². The summed E-state index contributed by atoms with van der Waals surface area (Å²) in [6.45, 7) is 0.349. The van der Waals surface area contributed by atoms with Crippen LogP contribution in [0.2, 0.25) is 0 Å². The van der Waals surface area contributed by atoms with Crippen molar-refractivity contribution in [2.24, 2.45) is 0 Å². The van der Waals surface area contributed by atoms with Crippen LogP contribution in [0.3, 0.4) is 0 Å². The molecule has 1 unspecified atom stereocenters. The van der Waals surface area contributed by atoms with E-state index in [2.05, 4.69) is 0 Å². The van der Waals surface area contributed by atoms with Gasteiger partial charge in [-0.2, -0.15) is 13.2 Å². The van der Waals surface area contributed by atoms with Crippen molar-refractivity contribution < 1.29 is 31.4 Å². The van der Waals surface area contributed by atoms with E-state index in [1.165, 1.54) is 43.5 Å². The van der Waals surface area contributed by atoms with E-state index in [0.717, 1.165) is 12.1 Å². The number of rotatable bonds is 6. The number of hydrogen-bond acceptors (Lipinski definition) is 4. The first-order valence-electron chi connectivity index (χ1n) is 7.50. The molecule has 2 N–H and O–H groups in total. The Morgan fingerprint density at radius 1 is 1.12 bits per heavy atom. The Morgan fingerprint density at radius 2 is 1.73 bits per heavy atom. The minimum atomic E-state index is -5.08. The zero-order valence-electron chi connectivity index (χ0n) is 14.0. The predicted molar refractivity (Wildman–Crippen MR) is 89.3 cm³/mol. The summed E-state index contributed by atoms with van der Waals surface area (Å²) in [5.41, 5.74) is -3.31. The topological polar surface area (TPSA) is 75.6 Å². The van der Waals surface area contributed by atoms with E-state index in [1.807, 2.05) is 4.72 Å². The number of aliphatic hydroxyl groups is 1. The number of aryl methyl sites for hydroxylation is 1. The van der Waals surface area contributed by atoms with E-state index < -0.39 is 33.9 Å². The molecule has 0 bridgehead atoms.